The van der Waals surface area contributed by atoms with Crippen LogP contribution in [0.15, 0.2) is 36.4 Å². The van der Waals surface area contributed by atoms with Gasteiger partial charge in [-0.3, -0.25) is 4.79 Å². The van der Waals surface area contributed by atoms with Gasteiger partial charge in [-0.05, 0) is 45.0 Å². The third-order valence-electron chi connectivity index (χ3n) is 7.02. The Bertz CT molecular complexity index is 1250. The molecule has 1 amide bonds. The molecule has 0 saturated carbocycles. The molecular weight excluding hydrogens is 456 g/mol. The smallest absolute Gasteiger partial charge is 0.253 e. The van der Waals surface area contributed by atoms with Gasteiger partial charge in [-0.2, -0.15) is 9.97 Å². The van der Waals surface area contributed by atoms with Gasteiger partial charge in [0.05, 0.1) is 49.6 Å². The quantitative estimate of drug-likeness (QED) is 0.539. The number of nitrogens with zero attached hydrogens (tertiary/aromatic N) is 6. The predicted octanol–water partition coefficient (Wildman–Crippen LogP) is 3.23. The van der Waals surface area contributed by atoms with E-state index in [4.69, 9.17) is 24.4 Å². The van der Waals surface area contributed by atoms with Crippen LogP contribution in [0, 0.1) is 0 Å². The highest BCUT2D eigenvalue weighted by Crippen LogP contribution is 2.31. The number of amides is 1. The topological polar surface area (TPSA) is 83.9 Å². The minimum absolute atomic E-state index is 0.00496. The number of carbonyl (C=O) groups is 1. The lowest BCUT2D eigenvalue weighted by Gasteiger charge is -2.37. The molecule has 1 aromatic carbocycles. The summed E-state index contributed by atoms with van der Waals surface area (Å²) in [6, 6.07) is 12.0. The average molecular weight is 491 g/mol. The molecule has 0 spiro atoms. The molecule has 0 aliphatic carbocycles. The molecule has 0 unspecified atom stereocenters. The van der Waals surface area contributed by atoms with Crippen LogP contribution in [0.2, 0.25) is 0 Å². The number of anilines is 2. The van der Waals surface area contributed by atoms with Crippen molar-refractivity contribution in [2.24, 2.45) is 0 Å². The number of aromatic nitrogens is 3. The van der Waals surface area contributed by atoms with Crippen LogP contribution in [0.3, 0.4) is 0 Å². The van der Waals surface area contributed by atoms with Crippen molar-refractivity contribution in [2.45, 2.75) is 32.9 Å². The zero-order valence-electron chi connectivity index (χ0n) is 21.5. The van der Waals surface area contributed by atoms with E-state index in [1.54, 1.807) is 4.90 Å². The normalized spacial score (nSPS) is 20.6. The summed E-state index contributed by atoms with van der Waals surface area (Å²) in [5.41, 5.74) is 2.95. The molecule has 2 aromatic heterocycles. The Morgan fingerprint density at radius 1 is 1.00 bits per heavy atom. The van der Waals surface area contributed by atoms with Gasteiger partial charge in [-0.1, -0.05) is 12.1 Å². The lowest BCUT2D eigenvalue weighted by Crippen LogP contribution is -2.46. The highest BCUT2D eigenvalue weighted by molar-refractivity contribution is 5.95. The molecule has 4 heterocycles. The van der Waals surface area contributed by atoms with E-state index in [1.165, 1.54) is 0 Å². The maximum atomic E-state index is 12.7. The summed E-state index contributed by atoms with van der Waals surface area (Å²) in [4.78, 5) is 33.9. The van der Waals surface area contributed by atoms with Gasteiger partial charge in [-0.15, -0.1) is 0 Å². The number of benzene rings is 1. The minimum atomic E-state index is -0.00496. The Labute approximate surface area is 212 Å². The Hall–Kier alpha value is -3.30. The van der Waals surface area contributed by atoms with Crippen molar-refractivity contribution in [3.05, 3.63) is 42.0 Å². The molecule has 2 atom stereocenters. The van der Waals surface area contributed by atoms with E-state index in [2.05, 4.69) is 23.6 Å². The standard InChI is InChI=1S/C27H34N6O3/c1-5-31(4)26(34)21-8-6-7-20(15-21)23-10-9-22-24(28-23)29-27(33-12-14-36-17-19(33)3)30-25(22)32-11-13-35-16-18(32)2/h6-10,15,18-19H,5,11-14,16-17H2,1-4H3/t18-,19-/m0/s1. The predicted molar refractivity (Wildman–Crippen MR) is 141 cm³/mol. The maximum Gasteiger partial charge on any atom is 0.253 e. The van der Waals surface area contributed by atoms with E-state index in [1.807, 2.05) is 50.4 Å². The highest BCUT2D eigenvalue weighted by atomic mass is 16.5. The van der Waals surface area contributed by atoms with Crippen molar-refractivity contribution in [1.29, 1.82) is 0 Å². The number of hydrogen-bond acceptors (Lipinski definition) is 8. The molecule has 0 radical (unpaired) electrons. The van der Waals surface area contributed by atoms with Crippen LogP contribution in [0.4, 0.5) is 11.8 Å². The molecule has 2 aliphatic heterocycles. The van der Waals surface area contributed by atoms with Gasteiger partial charge < -0.3 is 24.2 Å². The number of hydrogen-bond donors (Lipinski definition) is 0. The zero-order chi connectivity index (χ0) is 25.2. The van der Waals surface area contributed by atoms with E-state index in [0.717, 1.165) is 35.6 Å². The number of pyridine rings is 1. The molecule has 3 aromatic rings. The van der Waals surface area contributed by atoms with Crippen molar-refractivity contribution >= 4 is 28.7 Å². The summed E-state index contributed by atoms with van der Waals surface area (Å²) in [7, 11) is 1.81. The monoisotopic (exact) mass is 490 g/mol. The Morgan fingerprint density at radius 3 is 2.42 bits per heavy atom. The lowest BCUT2D eigenvalue weighted by molar-refractivity contribution is 0.0802. The Kier molecular flexibility index (Phi) is 7.02. The van der Waals surface area contributed by atoms with Crippen LogP contribution in [0.5, 0.6) is 0 Å². The van der Waals surface area contributed by atoms with E-state index >= 15 is 0 Å². The molecule has 2 fully saturated rings. The fourth-order valence-electron chi connectivity index (χ4n) is 4.73. The van der Waals surface area contributed by atoms with Crippen molar-refractivity contribution in [3.8, 4) is 11.3 Å². The van der Waals surface area contributed by atoms with Crippen LogP contribution < -0.4 is 9.80 Å². The highest BCUT2D eigenvalue weighted by Gasteiger charge is 2.27. The third-order valence-corrected chi connectivity index (χ3v) is 7.02. The molecule has 0 N–H and O–H groups in total. The van der Waals surface area contributed by atoms with Crippen molar-refractivity contribution in [2.75, 3.05) is 62.9 Å². The molecule has 2 aliphatic rings. The summed E-state index contributed by atoms with van der Waals surface area (Å²) >= 11 is 0. The second-order valence-corrected chi connectivity index (χ2v) is 9.55. The van der Waals surface area contributed by atoms with E-state index in [0.29, 0.717) is 50.1 Å². The molecular formula is C27H34N6O3. The Balaban J connectivity index is 1.60. The average Bonchev–Trinajstić information content (AvgIpc) is 2.92. The first kappa shape index (κ1) is 24.4. The summed E-state index contributed by atoms with van der Waals surface area (Å²) in [5.74, 6) is 1.55. The van der Waals surface area contributed by atoms with Crippen molar-refractivity contribution in [3.63, 3.8) is 0 Å². The summed E-state index contributed by atoms with van der Waals surface area (Å²) < 4.78 is 11.3. The molecule has 9 nitrogen and oxygen atoms in total. The van der Waals surface area contributed by atoms with E-state index < -0.39 is 0 Å². The van der Waals surface area contributed by atoms with E-state index in [9.17, 15) is 4.79 Å². The van der Waals surface area contributed by atoms with Gasteiger partial charge in [0.2, 0.25) is 5.95 Å². The van der Waals surface area contributed by atoms with Crippen molar-refractivity contribution in [1.82, 2.24) is 19.9 Å². The molecule has 0 bridgehead atoms. The Morgan fingerprint density at radius 2 is 1.72 bits per heavy atom. The number of ether oxygens (including phenoxy) is 2. The van der Waals surface area contributed by atoms with Crippen LogP contribution >= 0.6 is 0 Å². The SMILES string of the molecule is CCN(C)C(=O)c1cccc(-c2ccc3c(N4CCOC[C@@H]4C)nc(N4CCOC[C@@H]4C)nc3n2)c1. The van der Waals surface area contributed by atoms with Crippen molar-refractivity contribution < 1.29 is 14.3 Å². The summed E-state index contributed by atoms with van der Waals surface area (Å²) in [6.45, 7) is 11.0. The largest absolute Gasteiger partial charge is 0.377 e. The molecule has 9 heteroatoms. The van der Waals surface area contributed by atoms with Gasteiger partial charge in [0.1, 0.15) is 5.82 Å². The number of rotatable bonds is 5. The number of fused-ring (bicyclic) bond motifs is 1. The van der Waals surface area contributed by atoms with Crippen LogP contribution in [0.1, 0.15) is 31.1 Å². The fraction of sp³-hybridized carbons (Fsp3) is 0.481. The van der Waals surface area contributed by atoms with Crippen LogP contribution in [0.25, 0.3) is 22.3 Å². The number of morpholine rings is 2. The van der Waals surface area contributed by atoms with Gasteiger partial charge >= 0.3 is 0 Å². The fourth-order valence-corrected chi connectivity index (χ4v) is 4.73. The summed E-state index contributed by atoms with van der Waals surface area (Å²) in [6.07, 6.45) is 0. The first-order valence-electron chi connectivity index (χ1n) is 12.7. The molecule has 5 rings (SSSR count). The number of carbonyl (C=O) groups excluding carboxylic acids is 1. The second kappa shape index (κ2) is 10.4. The zero-order valence-corrected chi connectivity index (χ0v) is 21.5. The van der Waals surface area contributed by atoms with Gasteiger partial charge in [-0.25, -0.2) is 4.98 Å². The van der Waals surface area contributed by atoms with Gasteiger partial charge in [0.25, 0.3) is 5.91 Å². The lowest BCUT2D eigenvalue weighted by atomic mass is 10.1. The first-order valence-corrected chi connectivity index (χ1v) is 12.7. The first-order chi connectivity index (χ1) is 17.5. The van der Waals surface area contributed by atoms with E-state index in [-0.39, 0.29) is 18.0 Å². The third kappa shape index (κ3) is 4.73. The molecule has 2 saturated heterocycles. The second-order valence-electron chi connectivity index (χ2n) is 9.55. The van der Waals surface area contributed by atoms with Crippen LogP contribution in [-0.2, 0) is 9.47 Å². The maximum absolute atomic E-state index is 12.7. The van der Waals surface area contributed by atoms with Crippen LogP contribution in [-0.4, -0.2) is 91.0 Å². The molecule has 36 heavy (non-hydrogen) atoms. The molecule has 190 valence electrons. The minimum Gasteiger partial charge on any atom is -0.377 e. The van der Waals surface area contributed by atoms with Gasteiger partial charge in [0, 0.05) is 37.8 Å². The van der Waals surface area contributed by atoms with Gasteiger partial charge in [0.15, 0.2) is 5.65 Å². The summed E-state index contributed by atoms with van der Waals surface area (Å²) in [5, 5.41) is 0.912.